The number of ether oxygens (including phenoxy) is 2. The van der Waals surface area contributed by atoms with E-state index in [-0.39, 0.29) is 39.1 Å². The molecular formula is C22H24F3NO5S. The van der Waals surface area contributed by atoms with Gasteiger partial charge in [-0.15, -0.1) is 0 Å². The summed E-state index contributed by atoms with van der Waals surface area (Å²) in [6.45, 7) is 2.00. The molecule has 0 amide bonds. The molecule has 0 saturated carbocycles. The van der Waals surface area contributed by atoms with Crippen molar-refractivity contribution in [2.45, 2.75) is 30.8 Å². The average Bonchev–Trinajstić information content (AvgIpc) is 2.77. The van der Waals surface area contributed by atoms with Gasteiger partial charge in [-0.05, 0) is 43.5 Å². The van der Waals surface area contributed by atoms with Gasteiger partial charge in [0.05, 0.1) is 16.4 Å². The molecule has 0 unspecified atom stereocenters. The summed E-state index contributed by atoms with van der Waals surface area (Å²) < 4.78 is 77.1. The number of sulfonamides is 1. The summed E-state index contributed by atoms with van der Waals surface area (Å²) in [5.41, 5.74) is -0.241. The van der Waals surface area contributed by atoms with Crippen LogP contribution in [0.1, 0.15) is 24.0 Å². The molecule has 1 aliphatic heterocycles. The van der Waals surface area contributed by atoms with Crippen LogP contribution in [-0.4, -0.2) is 45.0 Å². The van der Waals surface area contributed by atoms with E-state index in [9.17, 15) is 26.4 Å². The first-order valence-corrected chi connectivity index (χ1v) is 11.6. The Balaban J connectivity index is 1.52. The lowest BCUT2D eigenvalue weighted by Gasteiger charge is -2.30. The third kappa shape index (κ3) is 5.60. The van der Waals surface area contributed by atoms with Crippen LogP contribution < -0.4 is 4.74 Å². The molecule has 10 heteroatoms. The molecule has 2 aromatic carbocycles. The number of halogens is 3. The number of esters is 1. The number of rotatable bonds is 7. The second kappa shape index (κ2) is 9.91. The first-order chi connectivity index (χ1) is 15.1. The highest BCUT2D eigenvalue weighted by Gasteiger charge is 2.40. The Bertz CT molecular complexity index is 1050. The summed E-state index contributed by atoms with van der Waals surface area (Å²) in [6.07, 6.45) is -4.44. The number of para-hydroxylation sites is 1. The molecule has 2 aromatic rings. The fourth-order valence-electron chi connectivity index (χ4n) is 3.53. The predicted octanol–water partition coefficient (Wildman–Crippen LogP) is 4.04. The van der Waals surface area contributed by atoms with Crippen LogP contribution in [0.25, 0.3) is 0 Å². The average molecular weight is 471 g/mol. The molecule has 0 radical (unpaired) electrons. The van der Waals surface area contributed by atoms with Gasteiger partial charge in [-0.3, -0.25) is 4.79 Å². The van der Waals surface area contributed by atoms with E-state index >= 15 is 0 Å². The standard InChI is InChI=1S/C22H24F3NO5S/c1-16-6-2-4-8-19(16)30-14-15-31-21(27)17-10-12-26(13-11-17)32(28,29)20-9-5-3-7-18(20)22(23,24)25/h2-9,17H,10-15H2,1H3. The van der Waals surface area contributed by atoms with Crippen molar-refractivity contribution in [2.75, 3.05) is 26.3 Å². The van der Waals surface area contributed by atoms with Crippen LogP contribution >= 0.6 is 0 Å². The summed E-state index contributed by atoms with van der Waals surface area (Å²) in [5.74, 6) is -0.287. The van der Waals surface area contributed by atoms with Crippen LogP contribution in [0, 0.1) is 12.8 Å². The Morgan fingerprint density at radius 3 is 2.31 bits per heavy atom. The number of piperidine rings is 1. The van der Waals surface area contributed by atoms with Crippen LogP contribution in [-0.2, 0) is 25.7 Å². The van der Waals surface area contributed by atoms with E-state index < -0.39 is 38.5 Å². The highest BCUT2D eigenvalue weighted by molar-refractivity contribution is 7.89. The van der Waals surface area contributed by atoms with E-state index in [2.05, 4.69) is 0 Å². The number of nitrogens with zero attached hydrogens (tertiary/aromatic N) is 1. The molecule has 3 rings (SSSR count). The molecular weight excluding hydrogens is 447 g/mol. The minimum atomic E-state index is -4.79. The maximum absolute atomic E-state index is 13.2. The summed E-state index contributed by atoms with van der Waals surface area (Å²) in [4.78, 5) is 11.5. The second-order valence-corrected chi connectivity index (χ2v) is 9.36. The van der Waals surface area contributed by atoms with Crippen LogP contribution in [0.15, 0.2) is 53.4 Å². The lowest BCUT2D eigenvalue weighted by Crippen LogP contribution is -2.41. The number of aryl methyl sites for hydroxylation is 1. The maximum Gasteiger partial charge on any atom is 0.417 e. The number of hydrogen-bond donors (Lipinski definition) is 0. The molecule has 0 N–H and O–H groups in total. The zero-order valence-corrected chi connectivity index (χ0v) is 18.3. The van der Waals surface area contributed by atoms with Crippen molar-refractivity contribution in [1.29, 1.82) is 0 Å². The van der Waals surface area contributed by atoms with Crippen molar-refractivity contribution >= 4 is 16.0 Å². The monoisotopic (exact) mass is 471 g/mol. The molecule has 0 aliphatic carbocycles. The highest BCUT2D eigenvalue weighted by atomic mass is 32.2. The molecule has 174 valence electrons. The fraction of sp³-hybridized carbons (Fsp3) is 0.409. The number of benzene rings is 2. The lowest BCUT2D eigenvalue weighted by atomic mass is 9.98. The van der Waals surface area contributed by atoms with E-state index in [0.717, 1.165) is 28.1 Å². The first kappa shape index (κ1) is 24.1. The number of carbonyl (C=O) groups excluding carboxylic acids is 1. The Hall–Kier alpha value is -2.59. The Morgan fingerprint density at radius 2 is 1.66 bits per heavy atom. The van der Waals surface area contributed by atoms with Gasteiger partial charge in [0.2, 0.25) is 10.0 Å². The number of hydrogen-bond acceptors (Lipinski definition) is 5. The molecule has 1 saturated heterocycles. The van der Waals surface area contributed by atoms with Gasteiger partial charge >= 0.3 is 12.1 Å². The number of alkyl halides is 3. The van der Waals surface area contributed by atoms with Gasteiger partial charge in [0.1, 0.15) is 19.0 Å². The van der Waals surface area contributed by atoms with Gasteiger partial charge in [0.15, 0.2) is 0 Å². The molecule has 0 atom stereocenters. The summed E-state index contributed by atoms with van der Waals surface area (Å²) >= 11 is 0. The van der Waals surface area contributed by atoms with Crippen LogP contribution in [0.2, 0.25) is 0 Å². The van der Waals surface area contributed by atoms with E-state index in [0.29, 0.717) is 5.75 Å². The van der Waals surface area contributed by atoms with Crippen molar-refractivity contribution in [3.05, 3.63) is 59.7 Å². The molecule has 32 heavy (non-hydrogen) atoms. The Morgan fingerprint density at radius 1 is 1.03 bits per heavy atom. The van der Waals surface area contributed by atoms with Crippen molar-refractivity contribution in [3.63, 3.8) is 0 Å². The van der Waals surface area contributed by atoms with Crippen molar-refractivity contribution < 1.29 is 35.9 Å². The summed E-state index contributed by atoms with van der Waals surface area (Å²) in [7, 11) is -4.34. The highest BCUT2D eigenvalue weighted by Crippen LogP contribution is 2.36. The van der Waals surface area contributed by atoms with Gasteiger partial charge in [-0.2, -0.15) is 17.5 Å². The van der Waals surface area contributed by atoms with Crippen LogP contribution in [0.5, 0.6) is 5.75 Å². The normalized spacial score (nSPS) is 16.0. The topological polar surface area (TPSA) is 72.9 Å². The molecule has 1 aliphatic rings. The second-order valence-electron chi connectivity index (χ2n) is 7.45. The van der Waals surface area contributed by atoms with E-state index in [1.165, 1.54) is 6.07 Å². The third-order valence-corrected chi connectivity index (χ3v) is 7.23. The van der Waals surface area contributed by atoms with Gasteiger partial charge < -0.3 is 9.47 Å². The van der Waals surface area contributed by atoms with Gasteiger partial charge in [0, 0.05) is 13.1 Å². The summed E-state index contributed by atoms with van der Waals surface area (Å²) in [6, 6.07) is 11.5. The summed E-state index contributed by atoms with van der Waals surface area (Å²) in [5, 5.41) is 0. The zero-order chi connectivity index (χ0) is 23.4. The first-order valence-electron chi connectivity index (χ1n) is 10.1. The van der Waals surface area contributed by atoms with Crippen LogP contribution in [0.4, 0.5) is 13.2 Å². The number of carbonyl (C=O) groups is 1. The van der Waals surface area contributed by atoms with E-state index in [4.69, 9.17) is 9.47 Å². The zero-order valence-electron chi connectivity index (χ0n) is 17.5. The molecule has 1 fully saturated rings. The van der Waals surface area contributed by atoms with Gasteiger partial charge in [0.25, 0.3) is 0 Å². The fourth-order valence-corrected chi connectivity index (χ4v) is 5.21. The largest absolute Gasteiger partial charge is 0.490 e. The van der Waals surface area contributed by atoms with Gasteiger partial charge in [-0.1, -0.05) is 30.3 Å². The molecule has 0 spiro atoms. The maximum atomic E-state index is 13.2. The minimum Gasteiger partial charge on any atom is -0.490 e. The molecule has 0 aromatic heterocycles. The van der Waals surface area contributed by atoms with Crippen molar-refractivity contribution in [3.8, 4) is 5.75 Å². The lowest BCUT2D eigenvalue weighted by molar-refractivity contribution is -0.150. The van der Waals surface area contributed by atoms with Crippen molar-refractivity contribution in [2.24, 2.45) is 5.92 Å². The van der Waals surface area contributed by atoms with Crippen molar-refractivity contribution in [1.82, 2.24) is 4.31 Å². The Labute approximate surface area is 185 Å². The minimum absolute atomic E-state index is 0.0463. The van der Waals surface area contributed by atoms with Gasteiger partial charge in [-0.25, -0.2) is 8.42 Å². The van der Waals surface area contributed by atoms with E-state index in [1.807, 2.05) is 31.2 Å². The molecule has 0 bridgehead atoms. The quantitative estimate of drug-likeness (QED) is 0.450. The smallest absolute Gasteiger partial charge is 0.417 e. The third-order valence-electron chi connectivity index (χ3n) is 5.28. The Kier molecular flexibility index (Phi) is 7.45. The predicted molar refractivity (Wildman–Crippen MR) is 111 cm³/mol. The van der Waals surface area contributed by atoms with E-state index in [1.54, 1.807) is 0 Å². The molecule has 6 nitrogen and oxygen atoms in total. The SMILES string of the molecule is Cc1ccccc1OCCOC(=O)C1CCN(S(=O)(=O)c2ccccc2C(F)(F)F)CC1. The molecule has 1 heterocycles. The van der Waals surface area contributed by atoms with Crippen LogP contribution in [0.3, 0.4) is 0 Å².